The average molecular weight is 618 g/mol. The fourth-order valence-electron chi connectivity index (χ4n) is 6.90. The van der Waals surface area contributed by atoms with Crippen molar-refractivity contribution in [1.29, 1.82) is 0 Å². The van der Waals surface area contributed by atoms with Gasteiger partial charge in [0.05, 0.1) is 24.5 Å². The molecule has 4 aliphatic rings. The Morgan fingerprint density at radius 2 is 1.80 bits per heavy atom. The average Bonchev–Trinajstić information content (AvgIpc) is 3.31. The number of ether oxygens (including phenoxy) is 6. The minimum atomic E-state index is -1.78. The summed E-state index contributed by atoms with van der Waals surface area (Å²) in [5, 5.41) is 21.2. The van der Waals surface area contributed by atoms with Crippen LogP contribution in [0.2, 0.25) is 0 Å². The molecule has 2 aliphatic heterocycles. The molecule has 5 rings (SSSR count). The molecule has 238 valence electrons. The minimum absolute atomic E-state index is 0.142. The largest absolute Gasteiger partial charge is 0.493 e. The van der Waals surface area contributed by atoms with Crippen LogP contribution < -0.4 is 9.47 Å². The van der Waals surface area contributed by atoms with Crippen molar-refractivity contribution < 1.29 is 62.6 Å². The van der Waals surface area contributed by atoms with Gasteiger partial charge >= 0.3 is 29.8 Å². The molecule has 2 bridgehead atoms. The van der Waals surface area contributed by atoms with E-state index in [0.29, 0.717) is 30.9 Å². The molecule has 1 aromatic carbocycles. The molecule has 1 spiro atoms. The van der Waals surface area contributed by atoms with Gasteiger partial charge in [0.2, 0.25) is 6.10 Å². The number of methoxy groups -OCH3 is 1. The Bertz CT molecular complexity index is 1440. The van der Waals surface area contributed by atoms with Gasteiger partial charge in [0.1, 0.15) is 5.76 Å². The van der Waals surface area contributed by atoms with Crippen molar-refractivity contribution in [2.24, 2.45) is 0 Å². The van der Waals surface area contributed by atoms with E-state index in [0.717, 1.165) is 31.9 Å². The normalized spacial score (nSPS) is 28.2. The first-order valence-corrected chi connectivity index (χ1v) is 14.2. The second-order valence-corrected chi connectivity index (χ2v) is 11.6. The number of rotatable bonds is 10. The Morgan fingerprint density at radius 1 is 1.09 bits per heavy atom. The number of esters is 4. The number of aliphatic hydroxyl groups is 1. The third-order valence-electron chi connectivity index (χ3n) is 8.98. The second kappa shape index (κ2) is 11.4. The van der Waals surface area contributed by atoms with Gasteiger partial charge in [-0.1, -0.05) is 6.07 Å². The maximum atomic E-state index is 13.2. The molecule has 0 unspecified atom stereocenters. The number of nitrogens with zero attached hydrogens (tertiary/aromatic N) is 1. The van der Waals surface area contributed by atoms with Crippen LogP contribution in [0.15, 0.2) is 24.0 Å². The van der Waals surface area contributed by atoms with E-state index in [9.17, 15) is 29.1 Å². The summed E-state index contributed by atoms with van der Waals surface area (Å²) in [4.78, 5) is 63.0. The topological polar surface area (TPSA) is 184 Å². The standard InChI is InChI=1S/C30H35NO13/c1-14(26(34)35)40-27(36)15(2)41-28(37)20(42-16(3)32)13-22(33)43-19-8-9-30(38)21-12-17-6-7-18(39-5)24-23(17)29(30,25(19)44-24)10-11-31(21)4/h6-8,14-15,20-21,25,38H,9-13H2,1-5H3,(H,34,35)/t14-,15-,20-,21-,25-,29-,30+/m0/s1. The van der Waals surface area contributed by atoms with Crippen LogP contribution >= 0.6 is 0 Å². The van der Waals surface area contributed by atoms with E-state index in [-0.39, 0.29) is 18.2 Å². The molecule has 1 aromatic rings. The van der Waals surface area contributed by atoms with E-state index in [1.165, 1.54) is 7.11 Å². The van der Waals surface area contributed by atoms with Gasteiger partial charge in [-0.2, -0.15) is 0 Å². The van der Waals surface area contributed by atoms with Crippen LogP contribution in [0.1, 0.15) is 51.2 Å². The lowest BCUT2D eigenvalue weighted by Gasteiger charge is -2.61. The predicted molar refractivity (Wildman–Crippen MR) is 146 cm³/mol. The highest BCUT2D eigenvalue weighted by Crippen LogP contribution is 2.65. The molecular weight excluding hydrogens is 582 g/mol. The molecule has 0 saturated carbocycles. The number of aliphatic carboxylic acids is 1. The van der Waals surface area contributed by atoms with Crippen LogP contribution in [0.4, 0.5) is 0 Å². The smallest absolute Gasteiger partial charge is 0.348 e. The predicted octanol–water partition coefficient (Wildman–Crippen LogP) is 0.786. The first-order valence-electron chi connectivity index (χ1n) is 14.2. The highest BCUT2D eigenvalue weighted by Gasteiger charge is 2.72. The highest BCUT2D eigenvalue weighted by molar-refractivity contribution is 5.87. The number of hydrogen-bond acceptors (Lipinski definition) is 13. The second-order valence-electron chi connectivity index (χ2n) is 11.6. The van der Waals surface area contributed by atoms with Gasteiger partial charge in [0, 0.05) is 24.9 Å². The highest BCUT2D eigenvalue weighted by atomic mass is 16.6. The molecular formula is C30H35NO13. The summed E-state index contributed by atoms with van der Waals surface area (Å²) >= 11 is 0. The van der Waals surface area contributed by atoms with Crippen molar-refractivity contribution in [2.75, 3.05) is 20.7 Å². The summed E-state index contributed by atoms with van der Waals surface area (Å²) in [6.07, 6.45) is -3.57. The molecule has 14 heteroatoms. The van der Waals surface area contributed by atoms with Crippen molar-refractivity contribution in [3.05, 3.63) is 35.1 Å². The summed E-state index contributed by atoms with van der Waals surface area (Å²) in [6.45, 7) is 3.95. The van der Waals surface area contributed by atoms with Crippen LogP contribution in [0, 0.1) is 0 Å². The fraction of sp³-hybridized carbons (Fsp3) is 0.567. The zero-order valence-electron chi connectivity index (χ0n) is 25.0. The van der Waals surface area contributed by atoms with E-state index < -0.39 is 71.7 Å². The molecule has 1 fully saturated rings. The van der Waals surface area contributed by atoms with Crippen molar-refractivity contribution >= 4 is 29.8 Å². The van der Waals surface area contributed by atoms with Crippen LogP contribution in [-0.2, 0) is 54.8 Å². The van der Waals surface area contributed by atoms with E-state index in [1.807, 2.05) is 19.2 Å². The summed E-state index contributed by atoms with van der Waals surface area (Å²) in [5.74, 6) is -4.52. The maximum absolute atomic E-state index is 13.2. The van der Waals surface area contributed by atoms with Crippen molar-refractivity contribution in [3.63, 3.8) is 0 Å². The van der Waals surface area contributed by atoms with Gasteiger partial charge in [-0.25, -0.2) is 14.4 Å². The number of hydrogen-bond donors (Lipinski definition) is 2. The van der Waals surface area contributed by atoms with E-state index in [1.54, 1.807) is 6.08 Å². The van der Waals surface area contributed by atoms with Gasteiger partial charge < -0.3 is 43.5 Å². The Morgan fingerprint density at radius 3 is 2.45 bits per heavy atom. The lowest BCUT2D eigenvalue weighted by molar-refractivity contribution is -0.183. The number of piperidine rings is 1. The molecule has 44 heavy (non-hydrogen) atoms. The zero-order valence-corrected chi connectivity index (χ0v) is 25.0. The van der Waals surface area contributed by atoms with Crippen LogP contribution in [0.25, 0.3) is 0 Å². The summed E-state index contributed by atoms with van der Waals surface area (Å²) < 4.78 is 32.5. The Labute approximate surface area is 252 Å². The van der Waals surface area contributed by atoms with E-state index in [2.05, 4.69) is 4.90 Å². The third kappa shape index (κ3) is 4.95. The number of carboxylic acid groups (broad SMARTS) is 1. The number of likely N-dealkylation sites (tertiary alicyclic amines) is 1. The van der Waals surface area contributed by atoms with Crippen LogP contribution in [0.3, 0.4) is 0 Å². The quantitative estimate of drug-likeness (QED) is 0.277. The van der Waals surface area contributed by atoms with Crippen molar-refractivity contribution in [2.45, 2.75) is 87.9 Å². The summed E-state index contributed by atoms with van der Waals surface area (Å²) in [6, 6.07) is 3.57. The third-order valence-corrected chi connectivity index (χ3v) is 8.98. The molecule has 0 aromatic heterocycles. The van der Waals surface area contributed by atoms with Gasteiger partial charge in [-0.3, -0.25) is 9.59 Å². The fourth-order valence-corrected chi connectivity index (χ4v) is 6.90. The van der Waals surface area contributed by atoms with Crippen molar-refractivity contribution in [1.82, 2.24) is 4.90 Å². The molecule has 0 radical (unpaired) electrons. The number of likely N-dealkylation sites (N-methyl/N-ethyl adjacent to an activating group) is 1. The molecule has 2 N–H and O–H groups in total. The van der Waals surface area contributed by atoms with Crippen LogP contribution in [-0.4, -0.2) is 102 Å². The first-order chi connectivity index (χ1) is 20.7. The summed E-state index contributed by atoms with van der Waals surface area (Å²) in [5.41, 5.74) is -0.295. The SMILES string of the molecule is COc1ccc2c3c1O[C@H]1C(OC(=O)C[C@H](OC(C)=O)C(=O)O[C@@H](C)C(=O)O[C@@H](C)C(=O)O)=CC[C@@]4(O)[C@H](C2)N(C)CC[C@]314. The maximum Gasteiger partial charge on any atom is 0.348 e. The van der Waals surface area contributed by atoms with Gasteiger partial charge in [-0.15, -0.1) is 0 Å². The van der Waals surface area contributed by atoms with Crippen LogP contribution in [0.5, 0.6) is 11.5 Å². The Kier molecular flexibility index (Phi) is 8.10. The molecule has 2 aliphatic carbocycles. The number of carbonyl (C=O) groups is 5. The molecule has 14 nitrogen and oxygen atoms in total. The van der Waals surface area contributed by atoms with E-state index >= 15 is 0 Å². The minimum Gasteiger partial charge on any atom is -0.493 e. The number of carbonyl (C=O) groups excluding carboxylic acids is 4. The molecule has 2 heterocycles. The molecule has 0 amide bonds. The van der Waals surface area contributed by atoms with Crippen molar-refractivity contribution in [3.8, 4) is 11.5 Å². The molecule has 7 atom stereocenters. The van der Waals surface area contributed by atoms with Gasteiger partial charge in [0.25, 0.3) is 0 Å². The monoisotopic (exact) mass is 617 g/mol. The molecule has 1 saturated heterocycles. The number of carboxylic acids is 1. The lowest BCUT2D eigenvalue weighted by atomic mass is 9.50. The zero-order chi connectivity index (χ0) is 32.1. The summed E-state index contributed by atoms with van der Waals surface area (Å²) in [7, 11) is 3.49. The Balaban J connectivity index is 1.36. The van der Waals surface area contributed by atoms with E-state index in [4.69, 9.17) is 33.5 Å². The Hall–Kier alpha value is -4.17. The number of benzene rings is 1. The van der Waals surface area contributed by atoms with Gasteiger partial charge in [-0.05, 0) is 58.0 Å². The lowest BCUT2D eigenvalue weighted by Crippen LogP contribution is -2.74. The van der Waals surface area contributed by atoms with Gasteiger partial charge in [0.15, 0.2) is 29.8 Å². The first kappa shape index (κ1) is 31.3.